The van der Waals surface area contributed by atoms with Crippen molar-refractivity contribution in [1.29, 1.82) is 0 Å². The van der Waals surface area contributed by atoms with Crippen molar-refractivity contribution >= 4 is 42.7 Å². The van der Waals surface area contributed by atoms with Crippen LogP contribution in [-0.4, -0.2) is 59.9 Å². The van der Waals surface area contributed by atoms with Gasteiger partial charge in [0, 0.05) is 36.8 Å². The van der Waals surface area contributed by atoms with E-state index in [0.717, 1.165) is 22.2 Å². The van der Waals surface area contributed by atoms with Gasteiger partial charge in [0.25, 0.3) is 0 Å². The minimum absolute atomic E-state index is 0.0597. The Morgan fingerprint density at radius 3 is 2.38 bits per heavy atom. The summed E-state index contributed by atoms with van der Waals surface area (Å²) in [5, 5.41) is 10.9. The van der Waals surface area contributed by atoms with Gasteiger partial charge in [0.2, 0.25) is 0 Å². The quantitative estimate of drug-likeness (QED) is 0.280. The Hall–Kier alpha value is -2.75. The summed E-state index contributed by atoms with van der Waals surface area (Å²) in [6, 6.07) is 11.2. The average molecular weight is 606 g/mol. The predicted octanol–water partition coefficient (Wildman–Crippen LogP) is 6.68. The molecule has 0 N–H and O–H groups in total. The summed E-state index contributed by atoms with van der Waals surface area (Å²) in [5.41, 5.74) is 1.32. The van der Waals surface area contributed by atoms with Gasteiger partial charge in [-0.05, 0) is 51.0 Å². The van der Waals surface area contributed by atoms with Crippen LogP contribution in [0.1, 0.15) is 50.3 Å². The van der Waals surface area contributed by atoms with Crippen molar-refractivity contribution in [3.05, 3.63) is 63.8 Å². The lowest BCUT2D eigenvalue weighted by Gasteiger charge is -2.39. The van der Waals surface area contributed by atoms with Crippen LogP contribution >= 0.6 is 23.2 Å². The number of likely N-dealkylation sites (tertiary alicyclic amines) is 1. The lowest BCUT2D eigenvalue weighted by molar-refractivity contribution is 0.0144. The van der Waals surface area contributed by atoms with Crippen molar-refractivity contribution in [1.82, 2.24) is 19.9 Å². The van der Waals surface area contributed by atoms with E-state index in [-0.39, 0.29) is 18.1 Å². The van der Waals surface area contributed by atoms with E-state index >= 15 is 0 Å². The number of methoxy groups -OCH3 is 1. The highest BCUT2D eigenvalue weighted by molar-refractivity contribution is 6.88. The lowest BCUT2D eigenvalue weighted by atomic mass is 9.84. The molecule has 1 saturated heterocycles. The zero-order chi connectivity index (χ0) is 29.2. The van der Waals surface area contributed by atoms with E-state index in [1.165, 1.54) is 0 Å². The summed E-state index contributed by atoms with van der Waals surface area (Å²) < 4.78 is 19.2. The summed E-state index contributed by atoms with van der Waals surface area (Å²) in [6.07, 6.45) is 2.34. The molecular weight excluding hydrogens is 567 g/mol. The fourth-order valence-electron chi connectivity index (χ4n) is 4.68. The van der Waals surface area contributed by atoms with E-state index in [0.29, 0.717) is 41.9 Å². The number of piperidine rings is 1. The van der Waals surface area contributed by atoms with Crippen LogP contribution < -0.4 is 14.8 Å². The molecule has 1 fully saturated rings. The monoisotopic (exact) mass is 604 g/mol. The van der Waals surface area contributed by atoms with Gasteiger partial charge in [0.05, 0.1) is 28.5 Å². The maximum atomic E-state index is 13.1. The summed E-state index contributed by atoms with van der Waals surface area (Å²) in [7, 11) is -0.0655. The van der Waals surface area contributed by atoms with Crippen LogP contribution in [0.3, 0.4) is 0 Å². The molecule has 11 heteroatoms. The zero-order valence-corrected chi connectivity index (χ0v) is 26.7. The van der Waals surface area contributed by atoms with E-state index in [1.54, 1.807) is 18.1 Å². The maximum Gasteiger partial charge on any atom is 0.410 e. The van der Waals surface area contributed by atoms with Crippen molar-refractivity contribution in [2.45, 2.75) is 71.0 Å². The van der Waals surface area contributed by atoms with Gasteiger partial charge in [-0.3, -0.25) is 0 Å². The summed E-state index contributed by atoms with van der Waals surface area (Å²) in [6.45, 7) is 13.6. The van der Waals surface area contributed by atoms with Crippen molar-refractivity contribution in [3.63, 3.8) is 0 Å². The Balaban J connectivity index is 1.68. The third-order valence-electron chi connectivity index (χ3n) is 6.86. The molecule has 1 aliphatic heterocycles. The molecule has 2 heterocycles. The second-order valence-electron chi connectivity index (χ2n) is 12.2. The number of rotatable bonds is 7. The molecule has 216 valence electrons. The van der Waals surface area contributed by atoms with E-state index in [4.69, 9.17) is 37.4 Å². The number of carbonyl (C=O) groups excluding carboxylic acids is 1. The first kappa shape index (κ1) is 30.2. The predicted molar refractivity (Wildman–Crippen MR) is 161 cm³/mol. The average Bonchev–Trinajstić information content (AvgIpc) is 3.39. The molecular formula is C29H38Cl2N4O4Si. The van der Waals surface area contributed by atoms with Crippen LogP contribution in [0.2, 0.25) is 29.7 Å². The van der Waals surface area contributed by atoms with Gasteiger partial charge in [-0.1, -0.05) is 60.2 Å². The number of halogens is 2. The van der Waals surface area contributed by atoms with Gasteiger partial charge in [0.1, 0.15) is 31.8 Å². The van der Waals surface area contributed by atoms with Gasteiger partial charge < -0.3 is 19.1 Å². The first-order valence-corrected chi connectivity index (χ1v) is 17.7. The fourth-order valence-corrected chi connectivity index (χ4v) is 5.87. The molecule has 0 radical (unpaired) electrons. The fraction of sp³-hybridized carbons (Fsp3) is 0.483. The number of hydrogen-bond donors (Lipinski definition) is 0. The summed E-state index contributed by atoms with van der Waals surface area (Å²) >= 11 is 13.0. The summed E-state index contributed by atoms with van der Waals surface area (Å²) in [4.78, 5) is 14.8. The Morgan fingerprint density at radius 2 is 1.77 bits per heavy atom. The lowest BCUT2D eigenvalue weighted by Crippen LogP contribution is -2.46. The molecule has 1 aliphatic rings. The highest BCUT2D eigenvalue weighted by Gasteiger charge is 2.38. The third kappa shape index (κ3) is 7.30. The molecule has 2 unspecified atom stereocenters. The van der Waals surface area contributed by atoms with Crippen LogP contribution in [0.25, 0.3) is 0 Å². The van der Waals surface area contributed by atoms with Crippen molar-refractivity contribution in [2.24, 2.45) is 0 Å². The number of benzene rings is 2. The highest BCUT2D eigenvalue weighted by atomic mass is 35.5. The number of hydrogen-bond acceptors (Lipinski definition) is 6. The molecule has 2 aromatic carbocycles. The number of ether oxygens (including phenoxy) is 3. The molecule has 0 bridgehead atoms. The normalized spacial score (nSPS) is 18.0. The Morgan fingerprint density at radius 1 is 1.10 bits per heavy atom. The molecule has 1 amide bonds. The SMILES string of the molecule is COc1ccc(COc2cc(Cl)c(Cl)cc2C2CCN(C(=O)OC(C)(C)C)CC2n2cc([Si](C)(C)C)nn2)cc1. The molecule has 1 aromatic heterocycles. The molecule has 8 nitrogen and oxygen atoms in total. The number of carbonyl (C=O) groups is 1. The van der Waals surface area contributed by atoms with Gasteiger partial charge in [-0.2, -0.15) is 0 Å². The number of nitrogens with zero attached hydrogens (tertiary/aromatic N) is 4. The van der Waals surface area contributed by atoms with E-state index < -0.39 is 13.7 Å². The topological polar surface area (TPSA) is 78.7 Å². The molecule has 3 aromatic rings. The van der Waals surface area contributed by atoms with Gasteiger partial charge in [-0.15, -0.1) is 5.10 Å². The molecule has 4 rings (SSSR count). The van der Waals surface area contributed by atoms with Gasteiger partial charge >= 0.3 is 6.09 Å². The Kier molecular flexibility index (Phi) is 9.07. The number of amides is 1. The van der Waals surface area contributed by atoms with Crippen LogP contribution in [0.15, 0.2) is 42.6 Å². The maximum absolute atomic E-state index is 13.1. The zero-order valence-electron chi connectivity index (χ0n) is 24.2. The molecule has 0 aliphatic carbocycles. The van der Waals surface area contributed by atoms with Crippen molar-refractivity contribution in [2.75, 3.05) is 20.2 Å². The van der Waals surface area contributed by atoms with Crippen molar-refractivity contribution in [3.8, 4) is 11.5 Å². The molecule has 0 saturated carbocycles. The summed E-state index contributed by atoms with van der Waals surface area (Å²) in [5.74, 6) is 1.37. The standard InChI is InChI=1S/C29H38Cl2N4O4Si/c1-29(2,3)39-28(36)34-13-12-21(25(16-34)35-17-27(32-33-35)40(5,6)7)22-14-23(30)24(31)15-26(22)38-18-19-8-10-20(37-4)11-9-19/h8-11,14-15,17,21,25H,12-13,16,18H2,1-7H3. The van der Waals surface area contributed by atoms with Gasteiger partial charge in [-0.25, -0.2) is 9.48 Å². The van der Waals surface area contributed by atoms with Crippen LogP contribution in [0.5, 0.6) is 11.5 Å². The minimum Gasteiger partial charge on any atom is -0.497 e. The van der Waals surface area contributed by atoms with Crippen LogP contribution in [0.4, 0.5) is 4.79 Å². The molecule has 0 spiro atoms. The Bertz CT molecular complexity index is 1340. The molecule has 2 atom stereocenters. The first-order valence-electron chi connectivity index (χ1n) is 13.4. The Labute approximate surface area is 247 Å². The highest BCUT2D eigenvalue weighted by Crippen LogP contribution is 2.43. The largest absolute Gasteiger partial charge is 0.497 e. The van der Waals surface area contributed by atoms with E-state index in [9.17, 15) is 4.79 Å². The van der Waals surface area contributed by atoms with Crippen molar-refractivity contribution < 1.29 is 19.0 Å². The van der Waals surface area contributed by atoms with Gasteiger partial charge in [0.15, 0.2) is 0 Å². The van der Waals surface area contributed by atoms with Crippen LogP contribution in [0, 0.1) is 0 Å². The second-order valence-corrected chi connectivity index (χ2v) is 18.0. The third-order valence-corrected chi connectivity index (χ3v) is 9.35. The first-order chi connectivity index (χ1) is 18.7. The minimum atomic E-state index is -1.70. The smallest absolute Gasteiger partial charge is 0.410 e. The van der Waals surface area contributed by atoms with E-state index in [2.05, 4.69) is 30.0 Å². The molecule has 40 heavy (non-hydrogen) atoms. The number of aromatic nitrogens is 3. The second kappa shape index (κ2) is 12.0. The van der Waals surface area contributed by atoms with Crippen LogP contribution in [-0.2, 0) is 11.3 Å². The van der Waals surface area contributed by atoms with E-state index in [1.807, 2.05) is 62.0 Å².